The van der Waals surface area contributed by atoms with Gasteiger partial charge in [0.15, 0.2) is 5.78 Å². The molecule has 32 heavy (non-hydrogen) atoms. The number of Topliss-reactive ketones (excluding diaryl/α,β-unsaturated/α-hetero) is 1. The number of allylic oxidation sites excluding steroid dienone is 3. The highest BCUT2D eigenvalue weighted by Crippen LogP contribution is 2.45. The Kier molecular flexibility index (Phi) is 7.74. The Balaban J connectivity index is 2.06. The molecule has 2 aliphatic rings. The van der Waals surface area contributed by atoms with Crippen molar-refractivity contribution in [1.82, 2.24) is 5.32 Å². The minimum Gasteiger partial charge on any atom is -0.468 e. The van der Waals surface area contributed by atoms with Crippen LogP contribution in [-0.4, -0.2) is 44.7 Å². The summed E-state index contributed by atoms with van der Waals surface area (Å²) in [7, 11) is 1.27. The van der Waals surface area contributed by atoms with E-state index in [0.29, 0.717) is 46.2 Å². The van der Waals surface area contributed by atoms with E-state index in [0.717, 1.165) is 0 Å². The molecular formula is C24H28ClNO6. The van der Waals surface area contributed by atoms with Gasteiger partial charge in [0, 0.05) is 34.5 Å². The Morgan fingerprint density at radius 1 is 1.19 bits per heavy atom. The van der Waals surface area contributed by atoms with E-state index in [2.05, 4.69) is 5.32 Å². The van der Waals surface area contributed by atoms with E-state index in [9.17, 15) is 14.4 Å². The Labute approximate surface area is 192 Å². The van der Waals surface area contributed by atoms with Gasteiger partial charge < -0.3 is 19.5 Å². The molecule has 0 spiro atoms. The van der Waals surface area contributed by atoms with Crippen molar-refractivity contribution in [3.05, 3.63) is 57.4 Å². The van der Waals surface area contributed by atoms with Crippen LogP contribution in [-0.2, 0) is 28.6 Å². The molecule has 1 aromatic carbocycles. The summed E-state index contributed by atoms with van der Waals surface area (Å²) in [6, 6.07) is 6.98. The van der Waals surface area contributed by atoms with E-state index in [1.54, 1.807) is 31.2 Å². The summed E-state index contributed by atoms with van der Waals surface area (Å²) < 4.78 is 15.6. The van der Waals surface area contributed by atoms with Crippen LogP contribution in [0.1, 0.15) is 38.7 Å². The number of dihydropyridines is 1. The van der Waals surface area contributed by atoms with Gasteiger partial charge in [0.1, 0.15) is 12.5 Å². The first kappa shape index (κ1) is 24.0. The van der Waals surface area contributed by atoms with Crippen molar-refractivity contribution in [2.75, 3.05) is 26.9 Å². The van der Waals surface area contributed by atoms with Gasteiger partial charge in [0.25, 0.3) is 0 Å². The minimum absolute atomic E-state index is 0.0957. The number of carbonyl (C=O) groups excluding carboxylic acids is 3. The highest BCUT2D eigenvalue weighted by molar-refractivity contribution is 6.30. The second-order valence-corrected chi connectivity index (χ2v) is 8.36. The zero-order valence-corrected chi connectivity index (χ0v) is 19.5. The van der Waals surface area contributed by atoms with Gasteiger partial charge in [-0.25, -0.2) is 4.79 Å². The summed E-state index contributed by atoms with van der Waals surface area (Å²) in [6.07, 6.45) is 0.481. The predicted octanol–water partition coefficient (Wildman–Crippen LogP) is 3.53. The molecule has 1 aliphatic carbocycles. The molecule has 0 aromatic heterocycles. The molecule has 3 rings (SSSR count). The van der Waals surface area contributed by atoms with Crippen LogP contribution < -0.4 is 5.32 Å². The highest BCUT2D eigenvalue weighted by atomic mass is 35.5. The fraction of sp³-hybridized carbons (Fsp3) is 0.458. The Morgan fingerprint density at radius 2 is 1.88 bits per heavy atom. The third kappa shape index (κ3) is 4.74. The van der Waals surface area contributed by atoms with E-state index in [1.807, 2.05) is 13.8 Å². The Bertz CT molecular complexity index is 965. The number of nitrogens with one attached hydrogen (secondary N) is 1. The van der Waals surface area contributed by atoms with E-state index in [-0.39, 0.29) is 24.9 Å². The number of ketones is 1. The molecule has 3 atom stereocenters. The van der Waals surface area contributed by atoms with Crippen LogP contribution in [0.15, 0.2) is 46.8 Å². The average Bonchev–Trinajstić information content (AvgIpc) is 2.76. The fourth-order valence-corrected chi connectivity index (χ4v) is 4.48. The summed E-state index contributed by atoms with van der Waals surface area (Å²) in [5.74, 6) is -3.30. The predicted molar refractivity (Wildman–Crippen MR) is 119 cm³/mol. The first-order chi connectivity index (χ1) is 15.3. The van der Waals surface area contributed by atoms with Crippen molar-refractivity contribution in [1.29, 1.82) is 0 Å². The molecule has 1 N–H and O–H groups in total. The standard InChI is InChI=1S/C24H28ClNO6/c1-5-31-10-11-32-24(29)19-14(3)26-17-12-13(2)18(23(28)30-4)22(27)21(17)20(19)15-6-8-16(25)9-7-15/h6-9,13,18,20,26H,5,10-12H2,1-4H3/t13-,18-,20+/m0/s1. The normalized spacial score (nSPS) is 22.9. The van der Waals surface area contributed by atoms with Crippen LogP contribution in [0.2, 0.25) is 5.02 Å². The van der Waals surface area contributed by atoms with Gasteiger partial charge in [-0.2, -0.15) is 0 Å². The topological polar surface area (TPSA) is 90.9 Å². The monoisotopic (exact) mass is 461 g/mol. The summed E-state index contributed by atoms with van der Waals surface area (Å²) in [5.41, 5.74) is 2.76. The molecule has 172 valence electrons. The molecule has 1 aromatic rings. The van der Waals surface area contributed by atoms with Crippen molar-refractivity contribution < 1.29 is 28.6 Å². The summed E-state index contributed by atoms with van der Waals surface area (Å²) in [5, 5.41) is 3.76. The third-order valence-electron chi connectivity index (χ3n) is 5.83. The Hall–Kier alpha value is -2.64. The fourth-order valence-electron chi connectivity index (χ4n) is 4.36. The van der Waals surface area contributed by atoms with Gasteiger partial charge in [-0.1, -0.05) is 30.7 Å². The van der Waals surface area contributed by atoms with Crippen LogP contribution in [0.5, 0.6) is 0 Å². The van der Waals surface area contributed by atoms with Gasteiger partial charge in [-0.05, 0) is 43.9 Å². The lowest BCUT2D eigenvalue weighted by molar-refractivity contribution is -0.151. The molecule has 0 amide bonds. The maximum absolute atomic E-state index is 13.6. The van der Waals surface area contributed by atoms with Gasteiger partial charge in [-0.15, -0.1) is 0 Å². The van der Waals surface area contributed by atoms with Crippen molar-refractivity contribution in [3.8, 4) is 0 Å². The molecule has 7 nitrogen and oxygen atoms in total. The van der Waals surface area contributed by atoms with E-state index in [4.69, 9.17) is 25.8 Å². The second-order valence-electron chi connectivity index (χ2n) is 7.92. The van der Waals surface area contributed by atoms with E-state index < -0.39 is 23.8 Å². The first-order valence-corrected chi connectivity index (χ1v) is 11.0. The SMILES string of the molecule is CCOCCOC(=O)C1=C(C)NC2=C(C(=O)[C@@H](C(=O)OC)[C@@H](C)C2)[C@@H]1c1ccc(Cl)cc1. The molecule has 0 bridgehead atoms. The van der Waals surface area contributed by atoms with Crippen LogP contribution in [0.3, 0.4) is 0 Å². The third-order valence-corrected chi connectivity index (χ3v) is 6.08. The maximum atomic E-state index is 13.6. The Morgan fingerprint density at radius 3 is 2.50 bits per heavy atom. The number of halogens is 1. The second kappa shape index (κ2) is 10.3. The highest BCUT2D eigenvalue weighted by Gasteiger charge is 2.47. The lowest BCUT2D eigenvalue weighted by atomic mass is 9.69. The smallest absolute Gasteiger partial charge is 0.336 e. The molecule has 0 radical (unpaired) electrons. The minimum atomic E-state index is -0.927. The van der Waals surface area contributed by atoms with Crippen LogP contribution >= 0.6 is 11.6 Å². The molecule has 0 unspecified atom stereocenters. The van der Waals surface area contributed by atoms with Crippen molar-refractivity contribution in [2.45, 2.75) is 33.1 Å². The number of benzene rings is 1. The quantitative estimate of drug-likeness (QED) is 0.377. The van der Waals surface area contributed by atoms with Crippen molar-refractivity contribution in [3.63, 3.8) is 0 Å². The molecule has 0 saturated heterocycles. The van der Waals surface area contributed by atoms with Gasteiger partial charge in [0.2, 0.25) is 0 Å². The number of carbonyl (C=O) groups is 3. The molecule has 8 heteroatoms. The molecular weight excluding hydrogens is 434 g/mol. The van der Waals surface area contributed by atoms with E-state index >= 15 is 0 Å². The number of hydrogen-bond donors (Lipinski definition) is 1. The molecule has 1 aliphatic heterocycles. The maximum Gasteiger partial charge on any atom is 0.336 e. The van der Waals surface area contributed by atoms with Gasteiger partial charge in [0.05, 0.1) is 19.3 Å². The number of hydrogen-bond acceptors (Lipinski definition) is 7. The lowest BCUT2D eigenvalue weighted by Crippen LogP contribution is -2.43. The average molecular weight is 462 g/mol. The largest absolute Gasteiger partial charge is 0.468 e. The van der Waals surface area contributed by atoms with Crippen LogP contribution in [0.4, 0.5) is 0 Å². The van der Waals surface area contributed by atoms with Crippen LogP contribution in [0, 0.1) is 11.8 Å². The first-order valence-electron chi connectivity index (χ1n) is 10.6. The zero-order chi connectivity index (χ0) is 23.4. The van der Waals surface area contributed by atoms with E-state index in [1.165, 1.54) is 7.11 Å². The summed E-state index contributed by atoms with van der Waals surface area (Å²) in [6.45, 7) is 6.39. The molecule has 1 heterocycles. The van der Waals surface area contributed by atoms with Gasteiger partial charge in [-0.3, -0.25) is 9.59 Å². The summed E-state index contributed by atoms with van der Waals surface area (Å²) in [4.78, 5) is 39.1. The molecule has 0 saturated carbocycles. The van der Waals surface area contributed by atoms with Crippen LogP contribution in [0.25, 0.3) is 0 Å². The number of rotatable bonds is 7. The molecule has 0 fully saturated rings. The van der Waals surface area contributed by atoms with Crippen molar-refractivity contribution >= 4 is 29.3 Å². The number of esters is 2. The zero-order valence-electron chi connectivity index (χ0n) is 18.7. The summed E-state index contributed by atoms with van der Waals surface area (Å²) >= 11 is 6.08. The lowest BCUT2D eigenvalue weighted by Gasteiger charge is -2.38. The van der Waals surface area contributed by atoms with Gasteiger partial charge >= 0.3 is 11.9 Å². The van der Waals surface area contributed by atoms with Crippen molar-refractivity contribution in [2.24, 2.45) is 11.8 Å². The number of ether oxygens (including phenoxy) is 3. The number of methoxy groups -OCH3 is 1.